The first-order chi connectivity index (χ1) is 17.9. The van der Waals surface area contributed by atoms with Gasteiger partial charge in [-0.1, -0.05) is 24.6 Å². The molecule has 1 saturated carbocycles. The number of hydrogen-bond donors (Lipinski definition) is 2. The van der Waals surface area contributed by atoms with Gasteiger partial charge in [0.25, 0.3) is 0 Å². The summed E-state index contributed by atoms with van der Waals surface area (Å²) in [5.41, 5.74) is 2.63. The van der Waals surface area contributed by atoms with Crippen molar-refractivity contribution in [3.05, 3.63) is 65.1 Å². The zero-order valence-corrected chi connectivity index (χ0v) is 21.0. The summed E-state index contributed by atoms with van der Waals surface area (Å²) in [5, 5.41) is 11.4. The molecule has 1 spiro atoms. The van der Waals surface area contributed by atoms with E-state index in [1.165, 1.54) is 6.07 Å². The standard InChI is InChI=1S/C29H32FN3O4/c1-37-20-9-10-21-23(15-20)31-25-24(21)29(11-13-32(14-12-29)27(34)18-6-4-7-18)17-33(26(25)28(35)36)16-19-5-2-3-8-22(19)30/h2-3,5,8-10,15,18,26,31H,4,6-7,11-14,16-17H2,1H3,(H,35,36). The number of H-pyrrole nitrogens is 1. The molecular formula is C29H32FN3O4. The lowest BCUT2D eigenvalue weighted by Gasteiger charge is -2.50. The third kappa shape index (κ3) is 3.98. The Morgan fingerprint density at radius 2 is 1.92 bits per heavy atom. The number of hydrogen-bond acceptors (Lipinski definition) is 4. The molecular weight excluding hydrogens is 473 g/mol. The number of carbonyl (C=O) groups excluding carboxylic acids is 1. The van der Waals surface area contributed by atoms with E-state index in [9.17, 15) is 19.1 Å². The van der Waals surface area contributed by atoms with Crippen LogP contribution in [0.3, 0.4) is 0 Å². The van der Waals surface area contributed by atoms with Crippen molar-refractivity contribution in [1.29, 1.82) is 0 Å². The Labute approximate surface area is 215 Å². The van der Waals surface area contributed by atoms with Crippen LogP contribution in [0.25, 0.3) is 10.9 Å². The molecule has 8 heteroatoms. The summed E-state index contributed by atoms with van der Waals surface area (Å²) in [6.45, 7) is 1.95. The quantitative estimate of drug-likeness (QED) is 0.529. The molecule has 7 nitrogen and oxygen atoms in total. The molecule has 37 heavy (non-hydrogen) atoms. The highest BCUT2D eigenvalue weighted by molar-refractivity contribution is 5.90. The number of aromatic nitrogens is 1. The van der Waals surface area contributed by atoms with Gasteiger partial charge in [0.15, 0.2) is 0 Å². The smallest absolute Gasteiger partial charge is 0.327 e. The SMILES string of the molecule is COc1ccc2c3c([nH]c2c1)C(C(=O)O)N(Cc1ccccc1F)CC31CCN(C(=O)C2CCC2)CC1. The van der Waals surface area contributed by atoms with Crippen LogP contribution in [0, 0.1) is 11.7 Å². The molecule has 3 aliphatic rings. The fourth-order valence-electron chi connectivity index (χ4n) is 6.59. The van der Waals surface area contributed by atoms with Crippen molar-refractivity contribution in [2.75, 3.05) is 26.7 Å². The molecule has 0 bridgehead atoms. The maximum absolute atomic E-state index is 14.7. The van der Waals surface area contributed by atoms with Gasteiger partial charge in [-0.25, -0.2) is 4.39 Å². The van der Waals surface area contributed by atoms with E-state index < -0.39 is 12.0 Å². The molecule has 2 aromatic carbocycles. The Bertz CT molecular complexity index is 1360. The second-order valence-corrected chi connectivity index (χ2v) is 10.8. The van der Waals surface area contributed by atoms with Gasteiger partial charge in [0.1, 0.15) is 17.6 Å². The van der Waals surface area contributed by atoms with Gasteiger partial charge in [-0.3, -0.25) is 14.5 Å². The molecule has 6 rings (SSSR count). The summed E-state index contributed by atoms with van der Waals surface area (Å²) in [5.74, 6) is -0.202. The molecule has 1 saturated heterocycles. The molecule has 1 atom stereocenters. The van der Waals surface area contributed by atoms with Crippen molar-refractivity contribution in [2.45, 2.75) is 50.1 Å². The van der Waals surface area contributed by atoms with Crippen LogP contribution >= 0.6 is 0 Å². The third-order valence-electron chi connectivity index (χ3n) is 8.76. The molecule has 1 aromatic heterocycles. The lowest BCUT2D eigenvalue weighted by Crippen LogP contribution is -2.55. The topological polar surface area (TPSA) is 85.9 Å². The van der Waals surface area contributed by atoms with E-state index >= 15 is 0 Å². The van der Waals surface area contributed by atoms with E-state index in [4.69, 9.17) is 4.74 Å². The number of carboxylic acid groups (broad SMARTS) is 1. The van der Waals surface area contributed by atoms with Crippen LogP contribution in [0.1, 0.15) is 55.0 Å². The van der Waals surface area contributed by atoms with Gasteiger partial charge in [0, 0.05) is 65.7 Å². The van der Waals surface area contributed by atoms with E-state index in [0.717, 1.165) is 48.6 Å². The van der Waals surface area contributed by atoms with Crippen LogP contribution < -0.4 is 4.74 Å². The molecule has 3 heterocycles. The summed E-state index contributed by atoms with van der Waals surface area (Å²) in [4.78, 5) is 33.0. The Kier molecular flexibility index (Phi) is 5.94. The molecule has 0 radical (unpaired) electrons. The zero-order chi connectivity index (χ0) is 25.7. The summed E-state index contributed by atoms with van der Waals surface area (Å²) >= 11 is 0. The number of methoxy groups -OCH3 is 1. The summed E-state index contributed by atoms with van der Waals surface area (Å²) in [7, 11) is 1.61. The number of carbonyl (C=O) groups is 2. The van der Waals surface area contributed by atoms with Gasteiger partial charge < -0.3 is 19.7 Å². The molecule has 2 N–H and O–H groups in total. The highest BCUT2D eigenvalue weighted by Crippen LogP contribution is 2.50. The number of nitrogens with zero attached hydrogens (tertiary/aromatic N) is 2. The molecule has 3 aromatic rings. The first-order valence-electron chi connectivity index (χ1n) is 13.1. The lowest BCUT2D eigenvalue weighted by atomic mass is 9.68. The zero-order valence-electron chi connectivity index (χ0n) is 21.0. The molecule has 1 unspecified atom stereocenters. The predicted molar refractivity (Wildman–Crippen MR) is 137 cm³/mol. The number of aromatic amines is 1. The molecule has 194 valence electrons. The molecule has 2 aliphatic heterocycles. The number of carboxylic acids is 1. The number of benzene rings is 2. The highest BCUT2D eigenvalue weighted by atomic mass is 19.1. The van der Waals surface area contributed by atoms with Gasteiger partial charge in [-0.15, -0.1) is 0 Å². The van der Waals surface area contributed by atoms with Gasteiger partial charge in [-0.05, 0) is 49.4 Å². The third-order valence-corrected chi connectivity index (χ3v) is 8.76. The van der Waals surface area contributed by atoms with E-state index in [1.54, 1.807) is 25.3 Å². The monoisotopic (exact) mass is 505 g/mol. The first kappa shape index (κ1) is 24.0. The average Bonchev–Trinajstić information content (AvgIpc) is 3.23. The molecule has 2 fully saturated rings. The van der Waals surface area contributed by atoms with Crippen LogP contribution in [0.4, 0.5) is 4.39 Å². The van der Waals surface area contributed by atoms with E-state index in [-0.39, 0.29) is 29.6 Å². The second kappa shape index (κ2) is 9.17. The average molecular weight is 506 g/mol. The number of ether oxygens (including phenoxy) is 1. The first-order valence-corrected chi connectivity index (χ1v) is 13.1. The number of likely N-dealkylation sites (tertiary alicyclic amines) is 1. The minimum Gasteiger partial charge on any atom is -0.497 e. The summed E-state index contributed by atoms with van der Waals surface area (Å²) < 4.78 is 20.1. The number of nitrogens with one attached hydrogen (secondary N) is 1. The molecule has 1 amide bonds. The lowest BCUT2D eigenvalue weighted by molar-refractivity contribution is -0.145. The maximum Gasteiger partial charge on any atom is 0.327 e. The summed E-state index contributed by atoms with van der Waals surface area (Å²) in [6, 6.07) is 11.4. The van der Waals surface area contributed by atoms with Crippen molar-refractivity contribution in [1.82, 2.24) is 14.8 Å². The van der Waals surface area contributed by atoms with Crippen molar-refractivity contribution in [2.24, 2.45) is 5.92 Å². The van der Waals surface area contributed by atoms with Gasteiger partial charge in [-0.2, -0.15) is 0 Å². The fourth-order valence-corrected chi connectivity index (χ4v) is 6.59. The van der Waals surface area contributed by atoms with Crippen LogP contribution in [-0.4, -0.2) is 58.5 Å². The minimum atomic E-state index is -0.969. The van der Waals surface area contributed by atoms with Crippen molar-refractivity contribution >= 4 is 22.8 Å². The summed E-state index contributed by atoms with van der Waals surface area (Å²) in [6.07, 6.45) is 4.55. The van der Waals surface area contributed by atoms with Gasteiger partial charge >= 0.3 is 5.97 Å². The minimum absolute atomic E-state index is 0.158. The number of amides is 1. The van der Waals surface area contributed by atoms with Crippen LogP contribution in [-0.2, 0) is 21.5 Å². The van der Waals surface area contributed by atoms with E-state index in [1.807, 2.05) is 28.0 Å². The molecule has 1 aliphatic carbocycles. The predicted octanol–water partition coefficient (Wildman–Crippen LogP) is 4.62. The number of halogens is 1. The Morgan fingerprint density at radius 1 is 1.16 bits per heavy atom. The second-order valence-electron chi connectivity index (χ2n) is 10.8. The number of aliphatic carboxylic acids is 1. The maximum atomic E-state index is 14.7. The van der Waals surface area contributed by atoms with E-state index in [2.05, 4.69) is 4.98 Å². The van der Waals surface area contributed by atoms with Crippen molar-refractivity contribution < 1.29 is 23.8 Å². The van der Waals surface area contributed by atoms with Gasteiger partial charge in [0.2, 0.25) is 5.91 Å². The fraction of sp³-hybridized carbons (Fsp3) is 0.448. The van der Waals surface area contributed by atoms with Gasteiger partial charge in [0.05, 0.1) is 7.11 Å². The Hall–Kier alpha value is -3.39. The highest BCUT2D eigenvalue weighted by Gasteiger charge is 2.50. The number of piperidine rings is 1. The number of rotatable bonds is 5. The van der Waals surface area contributed by atoms with Crippen LogP contribution in [0.2, 0.25) is 0 Å². The van der Waals surface area contributed by atoms with Crippen molar-refractivity contribution in [3.63, 3.8) is 0 Å². The number of fused-ring (bicyclic) bond motifs is 4. The van der Waals surface area contributed by atoms with Crippen molar-refractivity contribution in [3.8, 4) is 5.75 Å². The Morgan fingerprint density at radius 3 is 2.57 bits per heavy atom. The normalized spacial score (nSPS) is 21.6. The van der Waals surface area contributed by atoms with E-state index in [0.29, 0.717) is 36.6 Å². The largest absolute Gasteiger partial charge is 0.497 e. The van der Waals surface area contributed by atoms with Crippen LogP contribution in [0.5, 0.6) is 5.75 Å². The Balaban J connectivity index is 1.43. The van der Waals surface area contributed by atoms with Crippen LogP contribution in [0.15, 0.2) is 42.5 Å².